The Morgan fingerprint density at radius 3 is 2.70 bits per heavy atom. The Balaban J connectivity index is 1.88. The summed E-state index contributed by atoms with van der Waals surface area (Å²) in [4.78, 5) is 0. The Morgan fingerprint density at radius 1 is 1.05 bits per heavy atom. The van der Waals surface area contributed by atoms with Crippen molar-refractivity contribution >= 4 is 10.8 Å². The van der Waals surface area contributed by atoms with Crippen LogP contribution in [0.5, 0.6) is 5.75 Å². The fraction of sp³-hybridized carbons (Fsp3) is 0.444. The van der Waals surface area contributed by atoms with Gasteiger partial charge in [0, 0.05) is 11.9 Å². The SMILES string of the molecule is CCCCCNCC(C)Oc1cccc2ccccc12. The summed E-state index contributed by atoms with van der Waals surface area (Å²) in [5.41, 5.74) is 0. The third-order valence-electron chi connectivity index (χ3n) is 3.47. The maximum atomic E-state index is 6.07. The molecule has 0 spiro atoms. The summed E-state index contributed by atoms with van der Waals surface area (Å²) in [7, 11) is 0. The molecule has 0 fully saturated rings. The molecule has 0 radical (unpaired) electrons. The molecule has 0 bridgehead atoms. The third kappa shape index (κ3) is 4.24. The van der Waals surface area contributed by atoms with Crippen LogP contribution >= 0.6 is 0 Å². The topological polar surface area (TPSA) is 21.3 Å². The summed E-state index contributed by atoms with van der Waals surface area (Å²) in [6, 6.07) is 14.6. The Morgan fingerprint density at radius 2 is 1.85 bits per heavy atom. The molecule has 0 heterocycles. The van der Waals surface area contributed by atoms with E-state index in [-0.39, 0.29) is 6.10 Å². The van der Waals surface area contributed by atoms with E-state index in [2.05, 4.69) is 61.6 Å². The minimum Gasteiger partial charge on any atom is -0.489 e. The minimum atomic E-state index is 0.183. The van der Waals surface area contributed by atoms with E-state index in [1.165, 1.54) is 30.0 Å². The summed E-state index contributed by atoms with van der Waals surface area (Å²) in [5.74, 6) is 0.978. The number of hydrogen-bond acceptors (Lipinski definition) is 2. The second-order valence-electron chi connectivity index (χ2n) is 5.32. The van der Waals surface area contributed by atoms with Crippen molar-refractivity contribution in [1.82, 2.24) is 5.32 Å². The molecule has 2 nitrogen and oxygen atoms in total. The molecule has 0 aliphatic heterocycles. The first-order chi connectivity index (χ1) is 9.81. The first kappa shape index (κ1) is 14.9. The summed E-state index contributed by atoms with van der Waals surface area (Å²) in [6.07, 6.45) is 4.00. The average molecular weight is 271 g/mol. The van der Waals surface area contributed by atoms with Crippen molar-refractivity contribution in [2.75, 3.05) is 13.1 Å². The molecule has 1 N–H and O–H groups in total. The third-order valence-corrected chi connectivity index (χ3v) is 3.47. The highest BCUT2D eigenvalue weighted by atomic mass is 16.5. The second-order valence-corrected chi connectivity index (χ2v) is 5.32. The van der Waals surface area contributed by atoms with Gasteiger partial charge in [-0.05, 0) is 31.3 Å². The standard InChI is InChI=1S/C18H25NO/c1-3-4-7-13-19-14-15(2)20-18-12-8-10-16-9-5-6-11-17(16)18/h5-6,8-12,15,19H,3-4,7,13-14H2,1-2H3. The first-order valence-electron chi connectivity index (χ1n) is 7.66. The normalized spacial score (nSPS) is 12.5. The molecule has 0 saturated carbocycles. The van der Waals surface area contributed by atoms with E-state index in [0.29, 0.717) is 0 Å². The van der Waals surface area contributed by atoms with Gasteiger partial charge in [-0.1, -0.05) is 56.2 Å². The number of ether oxygens (including phenoxy) is 1. The van der Waals surface area contributed by atoms with Gasteiger partial charge in [0.25, 0.3) is 0 Å². The Bertz CT molecular complexity index is 518. The molecule has 108 valence electrons. The van der Waals surface area contributed by atoms with Crippen molar-refractivity contribution in [2.24, 2.45) is 0 Å². The van der Waals surface area contributed by atoms with Gasteiger partial charge in [0.1, 0.15) is 11.9 Å². The van der Waals surface area contributed by atoms with Crippen LogP contribution in [0, 0.1) is 0 Å². The van der Waals surface area contributed by atoms with E-state index in [1.54, 1.807) is 0 Å². The lowest BCUT2D eigenvalue weighted by Crippen LogP contribution is -2.29. The van der Waals surface area contributed by atoms with Crippen molar-refractivity contribution in [3.63, 3.8) is 0 Å². The lowest BCUT2D eigenvalue weighted by Gasteiger charge is -2.17. The van der Waals surface area contributed by atoms with Gasteiger partial charge in [-0.2, -0.15) is 0 Å². The zero-order valence-corrected chi connectivity index (χ0v) is 12.6. The van der Waals surface area contributed by atoms with Gasteiger partial charge in [0.2, 0.25) is 0 Å². The van der Waals surface area contributed by atoms with E-state index in [4.69, 9.17) is 4.74 Å². The number of hydrogen-bond donors (Lipinski definition) is 1. The molecule has 20 heavy (non-hydrogen) atoms. The van der Waals surface area contributed by atoms with Crippen molar-refractivity contribution in [3.05, 3.63) is 42.5 Å². The molecule has 1 atom stereocenters. The highest BCUT2D eigenvalue weighted by Gasteiger charge is 2.06. The zero-order chi connectivity index (χ0) is 14.2. The van der Waals surface area contributed by atoms with Crippen LogP contribution in [0.2, 0.25) is 0 Å². The second kappa shape index (κ2) is 7.91. The van der Waals surface area contributed by atoms with E-state index < -0.39 is 0 Å². The minimum absolute atomic E-state index is 0.183. The van der Waals surface area contributed by atoms with Gasteiger partial charge in [-0.3, -0.25) is 0 Å². The fourth-order valence-corrected chi connectivity index (χ4v) is 2.36. The van der Waals surface area contributed by atoms with Crippen LogP contribution < -0.4 is 10.1 Å². The van der Waals surface area contributed by atoms with Gasteiger partial charge in [0.15, 0.2) is 0 Å². The average Bonchev–Trinajstić information content (AvgIpc) is 2.47. The van der Waals surface area contributed by atoms with Crippen LogP contribution in [-0.4, -0.2) is 19.2 Å². The molecule has 2 aromatic rings. The van der Waals surface area contributed by atoms with Gasteiger partial charge in [-0.15, -0.1) is 0 Å². The van der Waals surface area contributed by atoms with Crippen LogP contribution in [0.25, 0.3) is 10.8 Å². The molecule has 0 saturated heterocycles. The van der Waals surface area contributed by atoms with Gasteiger partial charge < -0.3 is 10.1 Å². The first-order valence-corrected chi connectivity index (χ1v) is 7.66. The fourth-order valence-electron chi connectivity index (χ4n) is 2.36. The smallest absolute Gasteiger partial charge is 0.127 e. The molecule has 2 rings (SSSR count). The van der Waals surface area contributed by atoms with Gasteiger partial charge >= 0.3 is 0 Å². The number of benzene rings is 2. The molecule has 0 aliphatic rings. The highest BCUT2D eigenvalue weighted by molar-refractivity contribution is 5.88. The van der Waals surface area contributed by atoms with Crippen LogP contribution in [0.4, 0.5) is 0 Å². The summed E-state index contributed by atoms with van der Waals surface area (Å²) in [5, 5.41) is 5.88. The molecule has 1 unspecified atom stereocenters. The van der Waals surface area contributed by atoms with Crippen LogP contribution in [0.15, 0.2) is 42.5 Å². The maximum absolute atomic E-state index is 6.07. The number of nitrogens with one attached hydrogen (secondary N) is 1. The quantitative estimate of drug-likeness (QED) is 0.719. The van der Waals surface area contributed by atoms with Gasteiger partial charge in [0.05, 0.1) is 0 Å². The highest BCUT2D eigenvalue weighted by Crippen LogP contribution is 2.25. The molecule has 2 aromatic carbocycles. The van der Waals surface area contributed by atoms with Gasteiger partial charge in [-0.25, -0.2) is 0 Å². The zero-order valence-electron chi connectivity index (χ0n) is 12.6. The monoisotopic (exact) mass is 271 g/mol. The van der Waals surface area contributed by atoms with Crippen LogP contribution in [0.3, 0.4) is 0 Å². The predicted octanol–water partition coefficient (Wildman–Crippen LogP) is 4.39. The van der Waals surface area contributed by atoms with Crippen LogP contribution in [-0.2, 0) is 0 Å². The Labute approximate surface area is 122 Å². The van der Waals surface area contributed by atoms with Crippen molar-refractivity contribution in [3.8, 4) is 5.75 Å². The molecular weight excluding hydrogens is 246 g/mol. The summed E-state index contributed by atoms with van der Waals surface area (Å²) >= 11 is 0. The van der Waals surface area contributed by atoms with Crippen molar-refractivity contribution in [2.45, 2.75) is 39.2 Å². The molecular formula is C18H25NO. The van der Waals surface area contributed by atoms with E-state index >= 15 is 0 Å². The Kier molecular flexibility index (Phi) is 5.87. The summed E-state index contributed by atoms with van der Waals surface area (Å²) < 4.78 is 6.07. The molecule has 0 aliphatic carbocycles. The van der Waals surface area contributed by atoms with E-state index in [0.717, 1.165) is 18.8 Å². The lowest BCUT2D eigenvalue weighted by atomic mass is 10.1. The Hall–Kier alpha value is -1.54. The van der Waals surface area contributed by atoms with E-state index in [1.807, 2.05) is 0 Å². The number of unbranched alkanes of at least 4 members (excludes halogenated alkanes) is 2. The largest absolute Gasteiger partial charge is 0.489 e. The molecule has 0 amide bonds. The van der Waals surface area contributed by atoms with Crippen LogP contribution in [0.1, 0.15) is 33.1 Å². The van der Waals surface area contributed by atoms with E-state index in [9.17, 15) is 0 Å². The number of rotatable bonds is 8. The predicted molar refractivity (Wildman–Crippen MR) is 86.4 cm³/mol. The lowest BCUT2D eigenvalue weighted by molar-refractivity contribution is 0.220. The van der Waals surface area contributed by atoms with Crippen molar-refractivity contribution < 1.29 is 4.74 Å². The molecule has 0 aromatic heterocycles. The molecule has 2 heteroatoms. The summed E-state index contributed by atoms with van der Waals surface area (Å²) in [6.45, 7) is 6.32. The van der Waals surface area contributed by atoms with Crippen molar-refractivity contribution in [1.29, 1.82) is 0 Å². The maximum Gasteiger partial charge on any atom is 0.127 e. The number of fused-ring (bicyclic) bond motifs is 1.